The summed E-state index contributed by atoms with van der Waals surface area (Å²) >= 11 is 0. The summed E-state index contributed by atoms with van der Waals surface area (Å²) in [5.41, 5.74) is 4.54. The molecular weight excluding hydrogens is 269 g/mol. The first-order valence-electron chi connectivity index (χ1n) is 6.89. The van der Waals surface area contributed by atoms with Crippen LogP contribution >= 0.6 is 0 Å². The Kier molecular flexibility index (Phi) is 3.99. The highest BCUT2D eigenvalue weighted by atomic mass is 19.1. The van der Waals surface area contributed by atoms with E-state index in [0.717, 1.165) is 18.4 Å². The lowest BCUT2D eigenvalue weighted by Crippen LogP contribution is -2.20. The largest absolute Gasteiger partial charge is 0.457 e. The molecule has 2 aromatic carbocycles. The molecule has 0 aromatic heterocycles. The van der Waals surface area contributed by atoms with E-state index in [1.165, 1.54) is 17.7 Å². The fraction of sp³-hybridized carbons (Fsp3) is 0.176. The second-order valence-electron chi connectivity index (χ2n) is 5.05. The zero-order valence-electron chi connectivity index (χ0n) is 11.4. The van der Waals surface area contributed by atoms with Gasteiger partial charge in [0.05, 0.1) is 6.04 Å². The Balaban J connectivity index is 1.79. The van der Waals surface area contributed by atoms with Gasteiger partial charge in [-0.25, -0.2) is 4.39 Å². The van der Waals surface area contributed by atoms with Gasteiger partial charge >= 0.3 is 0 Å². The molecular formula is C17H16FNO2. The highest BCUT2D eigenvalue weighted by Gasteiger charge is 2.16. The Labute approximate surface area is 122 Å². The number of ether oxygens (including phenoxy) is 1. The number of nitrogens with one attached hydrogen (secondary N) is 1. The van der Waals surface area contributed by atoms with Gasteiger partial charge in [-0.15, -0.1) is 0 Å². The third-order valence-electron chi connectivity index (χ3n) is 3.55. The number of hydrogen-bond donors (Lipinski definition) is 2. The highest BCUT2D eigenvalue weighted by molar-refractivity contribution is 5.69. The van der Waals surface area contributed by atoms with Crippen molar-refractivity contribution < 1.29 is 14.3 Å². The lowest BCUT2D eigenvalue weighted by atomic mass is 10.1. The number of hydroxylamine groups is 1. The first-order chi connectivity index (χ1) is 10.2. The molecule has 1 aliphatic carbocycles. The zero-order chi connectivity index (χ0) is 14.7. The second-order valence-corrected chi connectivity index (χ2v) is 5.05. The molecule has 0 aliphatic heterocycles. The normalized spacial score (nSPS) is 17.6. The summed E-state index contributed by atoms with van der Waals surface area (Å²) in [6.07, 6.45) is 3.82. The van der Waals surface area contributed by atoms with Crippen LogP contribution in [0.25, 0.3) is 5.57 Å². The Bertz CT molecular complexity index is 652. The second kappa shape index (κ2) is 6.08. The smallest absolute Gasteiger partial charge is 0.128 e. The van der Waals surface area contributed by atoms with Crippen LogP contribution in [0.15, 0.2) is 54.6 Å². The Hall–Kier alpha value is -2.17. The van der Waals surface area contributed by atoms with E-state index in [9.17, 15) is 4.39 Å². The predicted octanol–water partition coefficient (Wildman–Crippen LogP) is 4.14. The van der Waals surface area contributed by atoms with E-state index in [0.29, 0.717) is 11.5 Å². The first-order valence-corrected chi connectivity index (χ1v) is 6.89. The molecule has 0 saturated heterocycles. The van der Waals surface area contributed by atoms with Gasteiger partial charge in [-0.05, 0) is 60.4 Å². The van der Waals surface area contributed by atoms with Gasteiger partial charge in [0.1, 0.15) is 17.3 Å². The number of hydrogen-bond acceptors (Lipinski definition) is 3. The van der Waals surface area contributed by atoms with Crippen LogP contribution in [0.1, 0.15) is 18.4 Å². The fourth-order valence-corrected chi connectivity index (χ4v) is 2.46. The van der Waals surface area contributed by atoms with E-state index in [2.05, 4.69) is 5.48 Å². The Morgan fingerprint density at radius 1 is 1.10 bits per heavy atom. The van der Waals surface area contributed by atoms with Crippen LogP contribution in [-0.4, -0.2) is 11.2 Å². The molecule has 4 heteroatoms. The van der Waals surface area contributed by atoms with E-state index in [1.54, 1.807) is 12.1 Å². The molecule has 1 aliphatic rings. The Morgan fingerprint density at radius 2 is 1.90 bits per heavy atom. The van der Waals surface area contributed by atoms with Gasteiger partial charge in [-0.3, -0.25) is 0 Å². The van der Waals surface area contributed by atoms with Gasteiger partial charge in [-0.1, -0.05) is 18.2 Å². The van der Waals surface area contributed by atoms with Crippen molar-refractivity contribution in [2.45, 2.75) is 18.9 Å². The quantitative estimate of drug-likeness (QED) is 0.829. The van der Waals surface area contributed by atoms with Crippen LogP contribution in [0, 0.1) is 5.82 Å². The number of halogens is 1. The van der Waals surface area contributed by atoms with E-state index in [4.69, 9.17) is 9.94 Å². The molecule has 3 nitrogen and oxygen atoms in total. The third kappa shape index (κ3) is 3.29. The van der Waals surface area contributed by atoms with Gasteiger partial charge < -0.3 is 9.94 Å². The van der Waals surface area contributed by atoms with Crippen LogP contribution in [0.3, 0.4) is 0 Å². The van der Waals surface area contributed by atoms with Crippen molar-refractivity contribution in [3.05, 3.63) is 66.0 Å². The maximum atomic E-state index is 12.9. The molecule has 0 amide bonds. The zero-order valence-corrected chi connectivity index (χ0v) is 11.4. The molecule has 0 fully saturated rings. The summed E-state index contributed by atoms with van der Waals surface area (Å²) in [6, 6.07) is 13.7. The van der Waals surface area contributed by atoms with Crippen LogP contribution in [0.4, 0.5) is 4.39 Å². The van der Waals surface area contributed by atoms with Crippen molar-refractivity contribution in [1.29, 1.82) is 0 Å². The van der Waals surface area contributed by atoms with Gasteiger partial charge in [0.2, 0.25) is 0 Å². The highest BCUT2D eigenvalue weighted by Crippen LogP contribution is 2.31. The van der Waals surface area contributed by atoms with Crippen LogP contribution in [0.5, 0.6) is 11.5 Å². The summed E-state index contributed by atoms with van der Waals surface area (Å²) < 4.78 is 18.6. The molecule has 1 unspecified atom stereocenters. The van der Waals surface area contributed by atoms with Gasteiger partial charge in [0, 0.05) is 0 Å². The van der Waals surface area contributed by atoms with Crippen molar-refractivity contribution in [2.24, 2.45) is 0 Å². The van der Waals surface area contributed by atoms with E-state index < -0.39 is 0 Å². The Morgan fingerprint density at radius 3 is 2.62 bits per heavy atom. The van der Waals surface area contributed by atoms with Crippen molar-refractivity contribution >= 4 is 5.57 Å². The summed E-state index contributed by atoms with van der Waals surface area (Å²) in [4.78, 5) is 0. The molecule has 21 heavy (non-hydrogen) atoms. The molecule has 0 radical (unpaired) electrons. The molecule has 2 N–H and O–H groups in total. The maximum absolute atomic E-state index is 12.9. The van der Waals surface area contributed by atoms with Gasteiger partial charge in [0.25, 0.3) is 0 Å². The summed E-state index contributed by atoms with van der Waals surface area (Å²) in [5, 5.41) is 8.95. The predicted molar refractivity (Wildman–Crippen MR) is 78.8 cm³/mol. The molecule has 2 aromatic rings. The third-order valence-corrected chi connectivity index (χ3v) is 3.55. The number of rotatable bonds is 4. The van der Waals surface area contributed by atoms with Crippen LogP contribution in [-0.2, 0) is 0 Å². The van der Waals surface area contributed by atoms with E-state index in [-0.39, 0.29) is 11.9 Å². The van der Waals surface area contributed by atoms with Gasteiger partial charge in [0.15, 0.2) is 0 Å². The van der Waals surface area contributed by atoms with Crippen molar-refractivity contribution in [1.82, 2.24) is 5.48 Å². The molecule has 0 heterocycles. The van der Waals surface area contributed by atoms with Crippen LogP contribution in [0.2, 0.25) is 0 Å². The summed E-state index contributed by atoms with van der Waals surface area (Å²) in [7, 11) is 0. The lowest BCUT2D eigenvalue weighted by molar-refractivity contribution is 0.143. The standard InChI is InChI=1S/C17H16FNO2/c18-14-5-8-16(9-6-14)21-17-3-1-2-12(11-17)13-4-7-15(10-13)19-20/h1-3,5-6,8-11,15,19-20H,4,7H2. The number of benzene rings is 2. The molecule has 1 atom stereocenters. The average molecular weight is 285 g/mol. The van der Waals surface area contributed by atoms with Crippen LogP contribution < -0.4 is 10.2 Å². The minimum absolute atomic E-state index is 0.0154. The van der Waals surface area contributed by atoms with Gasteiger partial charge in [-0.2, -0.15) is 5.48 Å². The molecule has 0 saturated carbocycles. The summed E-state index contributed by atoms with van der Waals surface area (Å²) in [5.74, 6) is 1.03. The van der Waals surface area contributed by atoms with E-state index in [1.807, 2.05) is 30.3 Å². The SMILES string of the molecule is ONC1C=C(c2cccc(Oc3ccc(F)cc3)c2)CC1. The van der Waals surface area contributed by atoms with Crippen molar-refractivity contribution in [2.75, 3.05) is 0 Å². The average Bonchev–Trinajstić information content (AvgIpc) is 2.99. The van der Waals surface area contributed by atoms with Crippen molar-refractivity contribution in [3.63, 3.8) is 0 Å². The number of allylic oxidation sites excluding steroid dienone is 1. The molecule has 0 spiro atoms. The first kappa shape index (κ1) is 13.8. The lowest BCUT2D eigenvalue weighted by Gasteiger charge is -2.08. The van der Waals surface area contributed by atoms with E-state index >= 15 is 0 Å². The topological polar surface area (TPSA) is 41.5 Å². The maximum Gasteiger partial charge on any atom is 0.128 e. The summed E-state index contributed by atoms with van der Waals surface area (Å²) in [6.45, 7) is 0. The monoisotopic (exact) mass is 285 g/mol. The van der Waals surface area contributed by atoms with Crippen molar-refractivity contribution in [3.8, 4) is 11.5 Å². The minimum atomic E-state index is -0.283. The molecule has 0 bridgehead atoms. The fourth-order valence-electron chi connectivity index (χ4n) is 2.46. The molecule has 108 valence electrons. The molecule has 3 rings (SSSR count). The minimum Gasteiger partial charge on any atom is -0.457 e.